The van der Waals surface area contributed by atoms with Gasteiger partial charge < -0.3 is 10.4 Å². The summed E-state index contributed by atoms with van der Waals surface area (Å²) in [5.41, 5.74) is 9.28. The van der Waals surface area contributed by atoms with Gasteiger partial charge in [0.25, 0.3) is 0 Å². The lowest BCUT2D eigenvalue weighted by Crippen LogP contribution is -2.34. The second-order valence-corrected chi connectivity index (χ2v) is 5.85. The van der Waals surface area contributed by atoms with Crippen molar-refractivity contribution in [3.8, 4) is 5.75 Å². The van der Waals surface area contributed by atoms with Gasteiger partial charge in [-0.15, -0.1) is 0 Å². The summed E-state index contributed by atoms with van der Waals surface area (Å²) in [4.78, 5) is 2.34. The third-order valence-corrected chi connectivity index (χ3v) is 4.12. The summed E-state index contributed by atoms with van der Waals surface area (Å²) >= 11 is 0. The van der Waals surface area contributed by atoms with Crippen LogP contribution in [0.25, 0.3) is 0 Å². The molecule has 1 aliphatic rings. The van der Waals surface area contributed by atoms with E-state index in [4.69, 9.17) is 5.53 Å². The number of benzene rings is 1. The van der Waals surface area contributed by atoms with Crippen LogP contribution < -0.4 is 5.32 Å². The van der Waals surface area contributed by atoms with Crippen molar-refractivity contribution in [3.05, 3.63) is 41.7 Å². The quantitative estimate of drug-likeness (QED) is 0.533. The predicted molar refractivity (Wildman–Crippen MR) is 88.0 cm³/mol. The molecule has 0 spiro atoms. The number of rotatable bonds is 7. The van der Waals surface area contributed by atoms with E-state index >= 15 is 0 Å². The van der Waals surface area contributed by atoms with Gasteiger partial charge in [0.2, 0.25) is 0 Å². The molecular formula is C17H26N4O. The van der Waals surface area contributed by atoms with Crippen molar-refractivity contribution in [2.45, 2.75) is 32.1 Å². The van der Waals surface area contributed by atoms with Gasteiger partial charge in [-0.3, -0.25) is 4.90 Å². The van der Waals surface area contributed by atoms with Crippen LogP contribution in [0.2, 0.25) is 0 Å². The van der Waals surface area contributed by atoms with Crippen LogP contribution in [0.4, 0.5) is 0 Å². The molecule has 2 rings (SSSR count). The molecule has 1 saturated heterocycles. The summed E-state index contributed by atoms with van der Waals surface area (Å²) in [6, 6.07) is 7.60. The van der Waals surface area contributed by atoms with Crippen molar-refractivity contribution in [2.24, 2.45) is 5.11 Å². The fourth-order valence-electron chi connectivity index (χ4n) is 2.88. The summed E-state index contributed by atoms with van der Waals surface area (Å²) < 4.78 is 0. The summed E-state index contributed by atoms with van der Waals surface area (Å²) in [6.07, 6.45) is 5.09. The van der Waals surface area contributed by atoms with Crippen LogP contribution in [0.15, 0.2) is 41.3 Å². The van der Waals surface area contributed by atoms with E-state index < -0.39 is 0 Å². The first-order chi connectivity index (χ1) is 10.7. The van der Waals surface area contributed by atoms with Gasteiger partial charge in [0.1, 0.15) is 5.75 Å². The average Bonchev–Trinajstić information content (AvgIpc) is 2.55. The minimum absolute atomic E-state index is 0.347. The molecule has 5 heteroatoms. The predicted octanol–water partition coefficient (Wildman–Crippen LogP) is 3.44. The van der Waals surface area contributed by atoms with E-state index in [0.29, 0.717) is 11.7 Å². The molecule has 1 aromatic rings. The molecule has 22 heavy (non-hydrogen) atoms. The average molecular weight is 302 g/mol. The number of piperidine rings is 1. The Bertz CT molecular complexity index is 507. The molecule has 0 atom stereocenters. The molecular weight excluding hydrogens is 276 g/mol. The fraction of sp³-hybridized carbons (Fsp3) is 0.529. The molecule has 120 valence electrons. The second-order valence-electron chi connectivity index (χ2n) is 5.85. The number of likely N-dealkylation sites (tertiary alicyclic amines) is 1. The zero-order valence-electron chi connectivity index (χ0n) is 13.3. The van der Waals surface area contributed by atoms with Crippen LogP contribution in [0.1, 0.15) is 37.7 Å². The maximum atomic E-state index is 9.59. The number of aromatic hydroxyl groups is 1. The SMILES string of the molecule is CCCN/C=C(/CN1CCC(c2cccc(O)c2)CC1)N=N. The molecule has 0 aromatic heterocycles. The van der Waals surface area contributed by atoms with Gasteiger partial charge in [0.05, 0.1) is 5.70 Å². The highest BCUT2D eigenvalue weighted by atomic mass is 16.3. The van der Waals surface area contributed by atoms with Gasteiger partial charge in [-0.05, 0) is 56.0 Å². The molecule has 1 aromatic carbocycles. The van der Waals surface area contributed by atoms with E-state index in [1.807, 2.05) is 18.3 Å². The van der Waals surface area contributed by atoms with Crippen LogP contribution in [-0.2, 0) is 0 Å². The van der Waals surface area contributed by atoms with Crippen LogP contribution in [-0.4, -0.2) is 36.2 Å². The third kappa shape index (κ3) is 4.84. The Hall–Kier alpha value is -1.88. The maximum Gasteiger partial charge on any atom is 0.115 e. The lowest BCUT2D eigenvalue weighted by Gasteiger charge is -2.32. The minimum Gasteiger partial charge on any atom is -0.508 e. The monoisotopic (exact) mass is 302 g/mol. The second kappa shape index (κ2) is 8.54. The molecule has 0 bridgehead atoms. The molecule has 1 heterocycles. The van der Waals surface area contributed by atoms with E-state index in [1.165, 1.54) is 5.56 Å². The Labute approximate surface area is 132 Å². The van der Waals surface area contributed by atoms with E-state index in [9.17, 15) is 5.11 Å². The van der Waals surface area contributed by atoms with E-state index in [-0.39, 0.29) is 0 Å². The molecule has 0 amide bonds. The molecule has 0 unspecified atom stereocenters. The van der Waals surface area contributed by atoms with Crippen molar-refractivity contribution < 1.29 is 5.11 Å². The largest absolute Gasteiger partial charge is 0.508 e. The van der Waals surface area contributed by atoms with Crippen LogP contribution in [0.3, 0.4) is 0 Å². The standard InChI is InChI=1S/C17H26N4O/c1-2-8-19-12-16(20-18)13-21-9-6-14(7-10-21)15-4-3-5-17(22)11-15/h3-5,11-12,14,18-19,22H,2,6-10,13H2,1H3/b16-12-,20-18?. The van der Waals surface area contributed by atoms with Crippen LogP contribution in [0.5, 0.6) is 5.75 Å². The van der Waals surface area contributed by atoms with Gasteiger partial charge in [0.15, 0.2) is 0 Å². The lowest BCUT2D eigenvalue weighted by molar-refractivity contribution is 0.226. The Morgan fingerprint density at radius 1 is 1.45 bits per heavy atom. The molecule has 0 aliphatic carbocycles. The molecule has 3 N–H and O–H groups in total. The summed E-state index contributed by atoms with van der Waals surface area (Å²) in [7, 11) is 0. The highest BCUT2D eigenvalue weighted by molar-refractivity contribution is 5.30. The van der Waals surface area contributed by atoms with E-state index in [1.54, 1.807) is 6.07 Å². The zero-order valence-corrected chi connectivity index (χ0v) is 13.3. The number of phenolic OH excluding ortho intramolecular Hbond substituents is 1. The molecule has 0 radical (unpaired) electrons. The summed E-state index contributed by atoms with van der Waals surface area (Å²) in [5, 5.41) is 16.4. The number of phenols is 1. The van der Waals surface area contributed by atoms with Crippen molar-refractivity contribution in [1.29, 1.82) is 5.53 Å². The Morgan fingerprint density at radius 2 is 2.23 bits per heavy atom. The summed E-state index contributed by atoms with van der Waals surface area (Å²) in [5.74, 6) is 0.863. The van der Waals surface area contributed by atoms with Gasteiger partial charge >= 0.3 is 0 Å². The first-order valence-corrected chi connectivity index (χ1v) is 8.04. The Morgan fingerprint density at radius 3 is 2.86 bits per heavy atom. The lowest BCUT2D eigenvalue weighted by atomic mass is 9.89. The van der Waals surface area contributed by atoms with Gasteiger partial charge in [-0.25, -0.2) is 5.53 Å². The van der Waals surface area contributed by atoms with Crippen LogP contribution >= 0.6 is 0 Å². The molecule has 1 fully saturated rings. The van der Waals surface area contributed by atoms with E-state index in [2.05, 4.69) is 28.3 Å². The van der Waals surface area contributed by atoms with Crippen molar-refractivity contribution in [1.82, 2.24) is 10.2 Å². The number of hydrogen-bond acceptors (Lipinski definition) is 5. The smallest absolute Gasteiger partial charge is 0.115 e. The van der Waals surface area contributed by atoms with Gasteiger partial charge in [0, 0.05) is 19.3 Å². The normalized spacial score (nSPS) is 17.4. The van der Waals surface area contributed by atoms with E-state index in [0.717, 1.165) is 51.1 Å². The highest BCUT2D eigenvalue weighted by Crippen LogP contribution is 2.29. The van der Waals surface area contributed by atoms with Gasteiger partial charge in [-0.1, -0.05) is 19.1 Å². The van der Waals surface area contributed by atoms with Crippen LogP contribution in [0, 0.1) is 5.53 Å². The molecule has 0 saturated carbocycles. The summed E-state index contributed by atoms with van der Waals surface area (Å²) in [6.45, 7) is 5.76. The molecule has 1 aliphatic heterocycles. The Kier molecular flexibility index (Phi) is 6.40. The number of hydrogen-bond donors (Lipinski definition) is 3. The van der Waals surface area contributed by atoms with Gasteiger partial charge in [-0.2, -0.15) is 5.11 Å². The number of nitrogens with zero attached hydrogens (tertiary/aromatic N) is 2. The first kappa shape index (κ1) is 16.5. The zero-order chi connectivity index (χ0) is 15.8. The van der Waals surface area contributed by atoms with Crippen molar-refractivity contribution >= 4 is 0 Å². The number of nitrogens with one attached hydrogen (secondary N) is 2. The molecule has 5 nitrogen and oxygen atoms in total. The minimum atomic E-state index is 0.347. The fourth-order valence-corrected chi connectivity index (χ4v) is 2.88. The first-order valence-electron chi connectivity index (χ1n) is 8.04. The van der Waals surface area contributed by atoms with Crippen molar-refractivity contribution in [3.63, 3.8) is 0 Å². The highest BCUT2D eigenvalue weighted by Gasteiger charge is 2.21. The topological polar surface area (TPSA) is 71.7 Å². The van der Waals surface area contributed by atoms with Crippen molar-refractivity contribution in [2.75, 3.05) is 26.2 Å². The maximum absolute atomic E-state index is 9.59. The third-order valence-electron chi connectivity index (χ3n) is 4.12. The Balaban J connectivity index is 1.84.